The van der Waals surface area contributed by atoms with Crippen LogP contribution in [0.4, 0.5) is 0 Å². The van der Waals surface area contributed by atoms with Crippen LogP contribution < -0.4 is 0 Å². The quantitative estimate of drug-likeness (QED) is 0.561. The van der Waals surface area contributed by atoms with Crippen molar-refractivity contribution < 1.29 is 13.0 Å². The van der Waals surface area contributed by atoms with E-state index >= 15 is 0 Å². The molecule has 74 valence electrons. The lowest BCUT2D eigenvalue weighted by Crippen LogP contribution is -1.99. The van der Waals surface area contributed by atoms with E-state index in [4.69, 9.17) is 4.55 Å². The fraction of sp³-hybridized carbons (Fsp3) is 0.286. The van der Waals surface area contributed by atoms with Crippen LogP contribution in [0.3, 0.4) is 0 Å². The predicted molar refractivity (Wildman–Crippen MR) is 49.8 cm³/mol. The second kappa shape index (κ2) is 5.50. The summed E-state index contributed by atoms with van der Waals surface area (Å²) in [4.78, 5) is 3.78. The number of aromatic nitrogens is 2. The van der Waals surface area contributed by atoms with Gasteiger partial charge in [-0.25, -0.2) is 4.98 Å². The minimum atomic E-state index is -3.79. The van der Waals surface area contributed by atoms with Gasteiger partial charge in [0.05, 0.1) is 12.1 Å². The molecule has 0 aromatic carbocycles. The molecular weight excluding hydrogens is 192 g/mol. The van der Waals surface area contributed by atoms with Crippen molar-refractivity contribution in [1.29, 1.82) is 0 Å². The molecule has 1 N–H and O–H groups in total. The molecule has 0 atom stereocenters. The van der Waals surface area contributed by atoms with Crippen molar-refractivity contribution >= 4 is 10.1 Å². The van der Waals surface area contributed by atoms with E-state index in [2.05, 4.69) is 11.6 Å². The summed E-state index contributed by atoms with van der Waals surface area (Å²) >= 11 is 0. The van der Waals surface area contributed by atoms with Crippen LogP contribution in [0.5, 0.6) is 0 Å². The molecule has 0 aliphatic heterocycles. The summed E-state index contributed by atoms with van der Waals surface area (Å²) in [6, 6.07) is 0. The monoisotopic (exact) mass is 204 g/mol. The molecule has 6 heteroatoms. The molecule has 0 spiro atoms. The molecule has 0 bridgehead atoms. The standard InChI is InChI=1S/C4H6N2.C3H6O3S/c1-6-3-2-5-4-6;1-2-3-7(4,5)6/h2-4H,1H3;2H,1,3H2,(H,4,5,6). The summed E-state index contributed by atoms with van der Waals surface area (Å²) < 4.78 is 29.2. The fourth-order valence-electron chi connectivity index (χ4n) is 0.475. The molecule has 1 aromatic rings. The van der Waals surface area contributed by atoms with Gasteiger partial charge in [-0.2, -0.15) is 8.42 Å². The number of hydrogen-bond donors (Lipinski definition) is 1. The van der Waals surface area contributed by atoms with Crippen molar-refractivity contribution in [1.82, 2.24) is 9.55 Å². The number of hydrogen-bond acceptors (Lipinski definition) is 3. The van der Waals surface area contributed by atoms with E-state index in [-0.39, 0.29) is 5.75 Å². The lowest BCUT2D eigenvalue weighted by Gasteiger charge is -1.82. The maximum Gasteiger partial charge on any atom is 0.268 e. The van der Waals surface area contributed by atoms with E-state index in [1.54, 1.807) is 12.5 Å². The van der Waals surface area contributed by atoms with E-state index in [0.717, 1.165) is 6.08 Å². The van der Waals surface area contributed by atoms with Crippen LogP contribution >= 0.6 is 0 Å². The first-order valence-electron chi connectivity index (χ1n) is 3.43. The highest BCUT2D eigenvalue weighted by atomic mass is 32.2. The zero-order chi connectivity index (χ0) is 10.3. The topological polar surface area (TPSA) is 72.2 Å². The second-order valence-electron chi connectivity index (χ2n) is 2.27. The van der Waals surface area contributed by atoms with Gasteiger partial charge >= 0.3 is 0 Å². The summed E-state index contributed by atoms with van der Waals surface area (Å²) in [7, 11) is -1.85. The molecule has 1 aromatic heterocycles. The SMILES string of the molecule is C=CCS(=O)(=O)O.Cn1ccnc1. The first-order chi connectivity index (χ1) is 5.95. The van der Waals surface area contributed by atoms with Crippen LogP contribution in [0.15, 0.2) is 31.4 Å². The zero-order valence-corrected chi connectivity index (χ0v) is 8.11. The van der Waals surface area contributed by atoms with Gasteiger partial charge in [0.15, 0.2) is 0 Å². The molecule has 0 aliphatic carbocycles. The Morgan fingerprint density at radius 3 is 2.38 bits per heavy atom. The van der Waals surface area contributed by atoms with Gasteiger partial charge in [-0.15, -0.1) is 6.58 Å². The van der Waals surface area contributed by atoms with Crippen LogP contribution in [-0.2, 0) is 17.2 Å². The first kappa shape index (κ1) is 11.9. The van der Waals surface area contributed by atoms with Crippen molar-refractivity contribution in [2.75, 3.05) is 5.75 Å². The highest BCUT2D eigenvalue weighted by Crippen LogP contribution is 1.78. The molecule has 0 amide bonds. The Kier molecular flexibility index (Phi) is 5.01. The molecule has 0 saturated carbocycles. The van der Waals surface area contributed by atoms with Crippen molar-refractivity contribution in [2.24, 2.45) is 7.05 Å². The average molecular weight is 204 g/mol. The van der Waals surface area contributed by atoms with Crippen LogP contribution in [0, 0.1) is 0 Å². The molecule has 0 fully saturated rings. The van der Waals surface area contributed by atoms with Crippen molar-refractivity contribution in [3.05, 3.63) is 31.4 Å². The van der Waals surface area contributed by atoms with Gasteiger partial charge in [0.25, 0.3) is 10.1 Å². The van der Waals surface area contributed by atoms with E-state index in [9.17, 15) is 8.42 Å². The van der Waals surface area contributed by atoms with E-state index < -0.39 is 10.1 Å². The molecular formula is C7H12N2O3S. The Bertz CT molecular complexity index is 329. The molecule has 13 heavy (non-hydrogen) atoms. The van der Waals surface area contributed by atoms with Crippen molar-refractivity contribution in [2.45, 2.75) is 0 Å². The van der Waals surface area contributed by atoms with E-state index in [1.807, 2.05) is 17.8 Å². The maximum absolute atomic E-state index is 9.72. The van der Waals surface area contributed by atoms with Gasteiger partial charge in [0.2, 0.25) is 0 Å². The first-order valence-corrected chi connectivity index (χ1v) is 5.04. The Hall–Kier alpha value is -1.14. The minimum Gasteiger partial charge on any atom is -0.341 e. The third kappa shape index (κ3) is 8.77. The van der Waals surface area contributed by atoms with Gasteiger partial charge in [-0.05, 0) is 0 Å². The van der Waals surface area contributed by atoms with Gasteiger partial charge in [0, 0.05) is 19.4 Å². The third-order valence-corrected chi connectivity index (χ3v) is 1.62. The molecule has 0 radical (unpaired) electrons. The van der Waals surface area contributed by atoms with E-state index in [0.29, 0.717) is 0 Å². The number of rotatable bonds is 2. The zero-order valence-electron chi connectivity index (χ0n) is 7.29. The van der Waals surface area contributed by atoms with Crippen LogP contribution in [0.25, 0.3) is 0 Å². The van der Waals surface area contributed by atoms with Crippen LogP contribution in [-0.4, -0.2) is 28.3 Å². The highest BCUT2D eigenvalue weighted by Gasteiger charge is 1.95. The van der Waals surface area contributed by atoms with Gasteiger partial charge in [0.1, 0.15) is 0 Å². The summed E-state index contributed by atoms with van der Waals surface area (Å²) in [5.41, 5.74) is 0. The lowest BCUT2D eigenvalue weighted by molar-refractivity contribution is 0.487. The predicted octanol–water partition coefficient (Wildman–Crippen LogP) is 0.480. The van der Waals surface area contributed by atoms with E-state index in [1.165, 1.54) is 0 Å². The Morgan fingerprint density at radius 2 is 2.31 bits per heavy atom. The number of aryl methyl sites for hydroxylation is 1. The maximum atomic E-state index is 9.72. The highest BCUT2D eigenvalue weighted by molar-refractivity contribution is 7.85. The molecule has 0 aliphatic rings. The molecule has 5 nitrogen and oxygen atoms in total. The van der Waals surface area contributed by atoms with Gasteiger partial charge < -0.3 is 4.57 Å². The summed E-state index contributed by atoms with van der Waals surface area (Å²) in [6.45, 7) is 3.11. The summed E-state index contributed by atoms with van der Waals surface area (Å²) in [6.07, 6.45) is 6.51. The Labute approximate surface area is 77.5 Å². The van der Waals surface area contributed by atoms with Crippen molar-refractivity contribution in [3.8, 4) is 0 Å². The Balaban J connectivity index is 0.000000223. The minimum absolute atomic E-state index is 0.368. The summed E-state index contributed by atoms with van der Waals surface area (Å²) in [5, 5.41) is 0. The second-order valence-corrected chi connectivity index (χ2v) is 3.76. The van der Waals surface area contributed by atoms with Crippen LogP contribution in [0.1, 0.15) is 0 Å². The van der Waals surface area contributed by atoms with Gasteiger partial charge in [-0.3, -0.25) is 4.55 Å². The Morgan fingerprint density at radius 1 is 1.69 bits per heavy atom. The molecule has 0 unspecified atom stereocenters. The lowest BCUT2D eigenvalue weighted by atomic mass is 10.8. The fourth-order valence-corrected chi connectivity index (χ4v) is 0.773. The number of imidazole rings is 1. The number of nitrogens with zero attached hydrogens (tertiary/aromatic N) is 2. The normalized spacial score (nSPS) is 10.0. The summed E-state index contributed by atoms with van der Waals surface area (Å²) in [5.74, 6) is -0.368. The smallest absolute Gasteiger partial charge is 0.268 e. The van der Waals surface area contributed by atoms with Crippen LogP contribution in [0.2, 0.25) is 0 Å². The van der Waals surface area contributed by atoms with Crippen molar-refractivity contribution in [3.63, 3.8) is 0 Å². The van der Waals surface area contributed by atoms with Gasteiger partial charge in [-0.1, -0.05) is 6.08 Å². The third-order valence-electron chi connectivity index (χ3n) is 0.965. The molecule has 0 saturated heterocycles. The molecule has 1 rings (SSSR count). The molecule has 1 heterocycles. The average Bonchev–Trinajstić information content (AvgIpc) is 2.38. The largest absolute Gasteiger partial charge is 0.341 e.